The van der Waals surface area contributed by atoms with Gasteiger partial charge in [-0.3, -0.25) is 0 Å². The Morgan fingerprint density at radius 1 is 0.412 bits per heavy atom. The van der Waals surface area contributed by atoms with Gasteiger partial charge in [-0.05, 0) is 48.0 Å². The Hall–Kier alpha value is -5.79. The maximum Gasteiger partial charge on any atom is 0.164 e. The number of aromatic nitrogens is 3. The molecule has 3 nitrogen and oxygen atoms in total. The summed E-state index contributed by atoms with van der Waals surface area (Å²) >= 11 is 4.59. The molecule has 0 N–H and O–H groups in total. The van der Waals surface area contributed by atoms with Gasteiger partial charge in [-0.2, -0.15) is 0 Å². The molecule has 0 unspecified atom stereocenters. The summed E-state index contributed by atoms with van der Waals surface area (Å²) in [6.07, 6.45) is 0. The van der Waals surface area contributed by atoms with Crippen molar-refractivity contribution in [1.29, 1.82) is 0 Å². The average molecular weight is 710 g/mol. The molecule has 0 amide bonds. The SMILES string of the molecule is [2H]c1c([2H])c([2H])c2c(sc3c([2H])c(-c4nc(-c5ccccc5)nc(-c5ccc6sc7ccccc7c6c5)n4)c([2H])c([2H])c32)c1-c1cccc2sc3ccccc3c12. The van der Waals surface area contributed by atoms with Crippen LogP contribution in [0.2, 0.25) is 0 Å². The second-order valence-electron chi connectivity index (χ2n) is 12.3. The molecule has 238 valence electrons. The van der Waals surface area contributed by atoms with E-state index in [1.54, 1.807) is 22.7 Å². The Kier molecular flexibility index (Phi) is 5.26. The highest BCUT2D eigenvalue weighted by molar-refractivity contribution is 7.27. The highest BCUT2D eigenvalue weighted by atomic mass is 32.1. The van der Waals surface area contributed by atoms with Crippen LogP contribution in [-0.2, 0) is 0 Å². The van der Waals surface area contributed by atoms with Crippen molar-refractivity contribution in [3.63, 3.8) is 0 Å². The van der Waals surface area contributed by atoms with Crippen molar-refractivity contribution in [3.05, 3.63) is 152 Å². The summed E-state index contributed by atoms with van der Waals surface area (Å²) in [6.45, 7) is 0. The van der Waals surface area contributed by atoms with Gasteiger partial charge in [-0.15, -0.1) is 34.0 Å². The van der Waals surface area contributed by atoms with Crippen LogP contribution in [0.3, 0.4) is 0 Å². The van der Waals surface area contributed by atoms with E-state index in [0.717, 1.165) is 52.3 Å². The van der Waals surface area contributed by atoms with E-state index in [-0.39, 0.29) is 53.0 Å². The standard InChI is InChI=1S/C45H25N3S3/c1-2-10-26(11-3-1)43-46-44(27-21-23-38-35(24-27)29-12-4-6-17-36(29)49-38)48-45(47-43)28-20-22-30-32-15-8-16-33(42(32)51-40(30)25-28)31-14-9-19-39-41(31)34-13-5-7-18-37(34)50-39/h1-25H/i8D,15D,16D,20D,22D,25D. The zero-order chi connectivity index (χ0) is 38.7. The molecule has 11 rings (SSSR count). The van der Waals surface area contributed by atoms with Gasteiger partial charge in [0.15, 0.2) is 17.5 Å². The van der Waals surface area contributed by atoms with Gasteiger partial charge in [0.05, 0.1) is 8.22 Å². The summed E-state index contributed by atoms with van der Waals surface area (Å²) in [5, 5.41) is 4.77. The Labute approximate surface area is 313 Å². The summed E-state index contributed by atoms with van der Waals surface area (Å²) in [6, 6.07) is 36.9. The molecule has 6 heteroatoms. The second kappa shape index (κ2) is 11.4. The number of rotatable bonds is 4. The largest absolute Gasteiger partial charge is 0.208 e. The first-order valence-electron chi connectivity index (χ1n) is 19.4. The molecule has 0 spiro atoms. The summed E-state index contributed by atoms with van der Waals surface area (Å²) in [5.41, 5.74) is 2.82. The number of thiophene rings is 3. The van der Waals surface area contributed by atoms with E-state index in [9.17, 15) is 5.48 Å². The minimum atomic E-state index is -0.264. The van der Waals surface area contributed by atoms with Gasteiger partial charge in [0.2, 0.25) is 0 Å². The van der Waals surface area contributed by atoms with Gasteiger partial charge < -0.3 is 0 Å². The molecule has 0 saturated heterocycles. The first-order valence-corrected chi connectivity index (χ1v) is 18.8. The Balaban J connectivity index is 1.19. The lowest BCUT2D eigenvalue weighted by Crippen LogP contribution is -2.00. The summed E-state index contributed by atoms with van der Waals surface area (Å²) < 4.78 is 61.2. The lowest BCUT2D eigenvalue weighted by molar-refractivity contribution is 1.08. The fourth-order valence-corrected chi connectivity index (χ4v) is 10.2. The number of benzene rings is 7. The Bertz CT molecular complexity index is 3500. The van der Waals surface area contributed by atoms with Crippen LogP contribution >= 0.6 is 34.0 Å². The zero-order valence-corrected chi connectivity index (χ0v) is 29.0. The minimum absolute atomic E-state index is 0.0507. The van der Waals surface area contributed by atoms with Crippen molar-refractivity contribution in [1.82, 2.24) is 15.0 Å². The fourth-order valence-electron chi connectivity index (χ4n) is 6.90. The number of nitrogens with zero attached hydrogens (tertiary/aromatic N) is 3. The van der Waals surface area contributed by atoms with Gasteiger partial charge in [0.1, 0.15) is 0 Å². The van der Waals surface area contributed by atoms with Gasteiger partial charge in [-0.1, -0.05) is 109 Å². The molecular weight excluding hydrogens is 679 g/mol. The first kappa shape index (κ1) is 23.6. The molecule has 0 radical (unpaired) electrons. The van der Waals surface area contributed by atoms with Gasteiger partial charge in [0, 0.05) is 82.8 Å². The Morgan fingerprint density at radius 3 is 1.96 bits per heavy atom. The third-order valence-corrected chi connectivity index (χ3v) is 12.7. The molecule has 0 aliphatic heterocycles. The van der Waals surface area contributed by atoms with Crippen molar-refractivity contribution < 1.29 is 8.22 Å². The predicted molar refractivity (Wildman–Crippen MR) is 220 cm³/mol. The minimum Gasteiger partial charge on any atom is -0.208 e. The first-order chi connectivity index (χ1) is 27.8. The smallest absolute Gasteiger partial charge is 0.164 e. The average Bonchev–Trinajstić information content (AvgIpc) is 3.94. The van der Waals surface area contributed by atoms with Crippen LogP contribution in [0, 0.1) is 0 Å². The molecule has 0 aliphatic rings. The lowest BCUT2D eigenvalue weighted by atomic mass is 9.98. The molecule has 0 aliphatic carbocycles. The summed E-state index contributed by atoms with van der Waals surface area (Å²) in [4.78, 5) is 14.7. The topological polar surface area (TPSA) is 38.7 Å². The van der Waals surface area contributed by atoms with E-state index in [2.05, 4.69) is 36.4 Å². The van der Waals surface area contributed by atoms with Crippen molar-refractivity contribution in [2.75, 3.05) is 0 Å². The van der Waals surface area contributed by atoms with E-state index in [1.807, 2.05) is 78.9 Å². The van der Waals surface area contributed by atoms with Gasteiger partial charge in [0.25, 0.3) is 0 Å². The monoisotopic (exact) mass is 709 g/mol. The van der Waals surface area contributed by atoms with E-state index in [1.165, 1.54) is 16.0 Å². The van der Waals surface area contributed by atoms with Crippen LogP contribution < -0.4 is 0 Å². The van der Waals surface area contributed by atoms with Crippen molar-refractivity contribution in [2.24, 2.45) is 0 Å². The number of hydrogen-bond acceptors (Lipinski definition) is 6. The van der Waals surface area contributed by atoms with Crippen LogP contribution in [0.1, 0.15) is 8.22 Å². The Morgan fingerprint density at radius 2 is 1.10 bits per heavy atom. The summed E-state index contributed by atoms with van der Waals surface area (Å²) in [7, 11) is 0. The van der Waals surface area contributed by atoms with Crippen LogP contribution in [-0.4, -0.2) is 15.0 Å². The van der Waals surface area contributed by atoms with E-state index in [4.69, 9.17) is 17.7 Å². The molecule has 51 heavy (non-hydrogen) atoms. The molecule has 0 bridgehead atoms. The van der Waals surface area contributed by atoms with Gasteiger partial charge >= 0.3 is 0 Å². The van der Waals surface area contributed by atoms with Crippen molar-refractivity contribution in [3.8, 4) is 45.3 Å². The third-order valence-electron chi connectivity index (χ3n) is 9.26. The maximum atomic E-state index is 9.70. The van der Waals surface area contributed by atoms with Crippen molar-refractivity contribution >= 4 is 94.5 Å². The highest BCUT2D eigenvalue weighted by Crippen LogP contribution is 2.46. The van der Waals surface area contributed by atoms with E-state index < -0.39 is 0 Å². The molecule has 4 aromatic heterocycles. The fraction of sp³-hybridized carbons (Fsp3) is 0. The summed E-state index contributed by atoms with van der Waals surface area (Å²) in [5.74, 6) is 0.847. The van der Waals surface area contributed by atoms with E-state index >= 15 is 0 Å². The normalized spacial score (nSPS) is 13.6. The second-order valence-corrected chi connectivity index (χ2v) is 15.5. The molecule has 4 heterocycles. The highest BCUT2D eigenvalue weighted by Gasteiger charge is 2.18. The predicted octanol–water partition coefficient (Wildman–Crippen LogP) is 13.6. The molecule has 0 fully saturated rings. The third kappa shape index (κ3) is 4.65. The zero-order valence-electron chi connectivity index (χ0n) is 32.5. The molecule has 0 atom stereocenters. The van der Waals surface area contributed by atoms with Gasteiger partial charge in [-0.25, -0.2) is 15.0 Å². The molecular formula is C45H25N3S3. The van der Waals surface area contributed by atoms with Crippen LogP contribution in [0.15, 0.2) is 152 Å². The van der Waals surface area contributed by atoms with Crippen LogP contribution in [0.5, 0.6) is 0 Å². The van der Waals surface area contributed by atoms with Crippen molar-refractivity contribution in [2.45, 2.75) is 0 Å². The van der Waals surface area contributed by atoms with Crippen LogP contribution in [0.4, 0.5) is 0 Å². The number of hydrogen-bond donors (Lipinski definition) is 0. The maximum absolute atomic E-state index is 9.70. The molecule has 0 saturated carbocycles. The van der Waals surface area contributed by atoms with E-state index in [0.29, 0.717) is 32.0 Å². The lowest BCUT2D eigenvalue weighted by Gasteiger charge is -2.09. The quantitative estimate of drug-likeness (QED) is 0.183. The molecule has 7 aromatic carbocycles. The number of fused-ring (bicyclic) bond motifs is 9. The van der Waals surface area contributed by atoms with Crippen LogP contribution in [0.25, 0.3) is 106 Å². The molecule has 11 aromatic rings.